The zero-order chi connectivity index (χ0) is 23.3. The van der Waals surface area contributed by atoms with E-state index in [-0.39, 0.29) is 23.4 Å². The number of thiazole rings is 1. The zero-order valence-electron chi connectivity index (χ0n) is 17.9. The molecule has 3 amide bonds. The molecule has 1 heterocycles. The predicted octanol–water partition coefficient (Wildman–Crippen LogP) is 3.88. The summed E-state index contributed by atoms with van der Waals surface area (Å²) in [6.07, 6.45) is 4.41. The first kappa shape index (κ1) is 23.9. The molecule has 170 valence electrons. The van der Waals surface area contributed by atoms with Gasteiger partial charge in [0.15, 0.2) is 5.13 Å². The van der Waals surface area contributed by atoms with Gasteiger partial charge in [-0.15, -0.1) is 11.8 Å². The van der Waals surface area contributed by atoms with Gasteiger partial charge in [-0.2, -0.15) is 0 Å². The van der Waals surface area contributed by atoms with Crippen molar-refractivity contribution >= 4 is 57.6 Å². The third-order valence-electron chi connectivity index (χ3n) is 5.19. The SMILES string of the molecule is CSc1sc(NC(=O)CC(=O)N(C(=O)C2CCCC2)c2ccc(C)cc2)nc1CC(=O)O. The summed E-state index contributed by atoms with van der Waals surface area (Å²) in [6, 6.07) is 7.06. The number of carbonyl (C=O) groups excluding carboxylic acids is 3. The molecule has 0 atom stereocenters. The number of carboxylic acids is 1. The van der Waals surface area contributed by atoms with Gasteiger partial charge in [0.25, 0.3) is 0 Å². The van der Waals surface area contributed by atoms with E-state index < -0.39 is 24.2 Å². The topological polar surface area (TPSA) is 117 Å². The van der Waals surface area contributed by atoms with Crippen molar-refractivity contribution in [3.8, 4) is 0 Å². The van der Waals surface area contributed by atoms with E-state index in [9.17, 15) is 19.2 Å². The summed E-state index contributed by atoms with van der Waals surface area (Å²) in [4.78, 5) is 55.0. The second-order valence-electron chi connectivity index (χ2n) is 7.64. The van der Waals surface area contributed by atoms with Crippen molar-refractivity contribution in [1.29, 1.82) is 0 Å². The number of carbonyl (C=O) groups is 4. The summed E-state index contributed by atoms with van der Waals surface area (Å²) in [6.45, 7) is 1.91. The van der Waals surface area contributed by atoms with Gasteiger partial charge in [-0.1, -0.05) is 41.9 Å². The molecule has 1 fully saturated rings. The van der Waals surface area contributed by atoms with Crippen LogP contribution in [-0.4, -0.2) is 40.0 Å². The Hall–Kier alpha value is -2.72. The van der Waals surface area contributed by atoms with E-state index in [0.29, 0.717) is 15.6 Å². The normalized spacial score (nSPS) is 13.7. The molecule has 0 radical (unpaired) electrons. The van der Waals surface area contributed by atoms with E-state index in [4.69, 9.17) is 5.11 Å². The van der Waals surface area contributed by atoms with Gasteiger partial charge in [0.2, 0.25) is 17.7 Å². The molecule has 8 nitrogen and oxygen atoms in total. The van der Waals surface area contributed by atoms with Crippen LogP contribution in [0.5, 0.6) is 0 Å². The number of thioether (sulfide) groups is 1. The minimum absolute atomic E-state index is 0.218. The molecule has 0 aliphatic heterocycles. The second kappa shape index (κ2) is 10.7. The molecule has 1 aliphatic rings. The highest BCUT2D eigenvalue weighted by atomic mass is 32.2. The van der Waals surface area contributed by atoms with Gasteiger partial charge >= 0.3 is 5.97 Å². The summed E-state index contributed by atoms with van der Waals surface area (Å²) in [5, 5.41) is 11.8. The number of benzene rings is 1. The quantitative estimate of drug-likeness (QED) is 0.439. The first-order valence-corrected chi connectivity index (χ1v) is 12.3. The van der Waals surface area contributed by atoms with Crippen molar-refractivity contribution in [3.63, 3.8) is 0 Å². The van der Waals surface area contributed by atoms with Crippen molar-refractivity contribution in [3.05, 3.63) is 35.5 Å². The highest BCUT2D eigenvalue weighted by Gasteiger charge is 2.33. The number of aryl methyl sites for hydroxylation is 1. The standard InChI is InChI=1S/C22H25N3O5S2/c1-13-7-9-15(10-8-13)25(20(30)14-5-3-4-6-14)18(27)12-17(26)24-22-23-16(11-19(28)29)21(31-2)32-22/h7-10,14H,3-6,11-12H2,1-2H3,(H,28,29)(H,23,24,26). The van der Waals surface area contributed by atoms with Crippen LogP contribution in [-0.2, 0) is 25.6 Å². The summed E-state index contributed by atoms with van der Waals surface area (Å²) in [5.41, 5.74) is 1.82. The predicted molar refractivity (Wildman–Crippen MR) is 124 cm³/mol. The molecule has 2 N–H and O–H groups in total. The fourth-order valence-electron chi connectivity index (χ4n) is 3.63. The van der Waals surface area contributed by atoms with Gasteiger partial charge in [0.05, 0.1) is 22.0 Å². The van der Waals surface area contributed by atoms with E-state index in [1.165, 1.54) is 11.8 Å². The molecular weight excluding hydrogens is 450 g/mol. The Morgan fingerprint density at radius 1 is 1.19 bits per heavy atom. The van der Waals surface area contributed by atoms with Crippen LogP contribution in [0.4, 0.5) is 10.8 Å². The number of nitrogens with one attached hydrogen (secondary N) is 1. The average Bonchev–Trinajstić information content (AvgIpc) is 3.39. The molecule has 0 spiro atoms. The van der Waals surface area contributed by atoms with Gasteiger partial charge in [-0.25, -0.2) is 9.88 Å². The fourth-order valence-corrected chi connectivity index (χ4v) is 5.28. The lowest BCUT2D eigenvalue weighted by molar-refractivity contribution is -0.136. The highest BCUT2D eigenvalue weighted by Crippen LogP contribution is 2.32. The number of nitrogens with zero attached hydrogens (tertiary/aromatic N) is 2. The van der Waals surface area contributed by atoms with Crippen molar-refractivity contribution < 1.29 is 24.3 Å². The van der Waals surface area contributed by atoms with Crippen molar-refractivity contribution in [2.45, 2.75) is 49.7 Å². The van der Waals surface area contributed by atoms with Gasteiger partial charge in [-0.3, -0.25) is 19.2 Å². The fraction of sp³-hybridized carbons (Fsp3) is 0.409. The third kappa shape index (κ3) is 5.95. The number of hydrogen-bond acceptors (Lipinski definition) is 7. The minimum atomic E-state index is -1.02. The molecule has 32 heavy (non-hydrogen) atoms. The molecule has 1 aromatic carbocycles. The maximum atomic E-state index is 13.1. The van der Waals surface area contributed by atoms with Crippen LogP contribution in [0.1, 0.15) is 43.4 Å². The molecule has 3 rings (SSSR count). The first-order chi connectivity index (χ1) is 15.3. The van der Waals surface area contributed by atoms with E-state index in [1.54, 1.807) is 18.4 Å². The monoisotopic (exact) mass is 475 g/mol. The van der Waals surface area contributed by atoms with Crippen LogP contribution in [0.25, 0.3) is 0 Å². The van der Waals surface area contributed by atoms with Crippen LogP contribution in [0.2, 0.25) is 0 Å². The molecular formula is C22H25N3O5S2. The van der Waals surface area contributed by atoms with E-state index in [0.717, 1.165) is 47.5 Å². The van der Waals surface area contributed by atoms with Crippen molar-refractivity contribution in [1.82, 2.24) is 4.98 Å². The Kier molecular flexibility index (Phi) is 8.03. The molecule has 1 aliphatic carbocycles. The number of rotatable bonds is 8. The first-order valence-electron chi connectivity index (χ1n) is 10.3. The second-order valence-corrected chi connectivity index (χ2v) is 9.71. The minimum Gasteiger partial charge on any atom is -0.481 e. The molecule has 10 heteroatoms. The number of anilines is 2. The average molecular weight is 476 g/mol. The number of aliphatic carboxylic acids is 1. The number of carboxylic acid groups (broad SMARTS) is 1. The van der Waals surface area contributed by atoms with Crippen LogP contribution in [0, 0.1) is 12.8 Å². The number of aromatic nitrogens is 1. The Morgan fingerprint density at radius 2 is 1.84 bits per heavy atom. The van der Waals surface area contributed by atoms with Gasteiger partial charge in [-0.05, 0) is 38.2 Å². The molecule has 1 saturated carbocycles. The maximum Gasteiger partial charge on any atom is 0.309 e. The van der Waals surface area contributed by atoms with Crippen molar-refractivity contribution in [2.24, 2.45) is 5.92 Å². The van der Waals surface area contributed by atoms with Gasteiger partial charge < -0.3 is 10.4 Å². The van der Waals surface area contributed by atoms with E-state index >= 15 is 0 Å². The van der Waals surface area contributed by atoms with Crippen LogP contribution < -0.4 is 10.2 Å². The van der Waals surface area contributed by atoms with Crippen LogP contribution in [0.3, 0.4) is 0 Å². The maximum absolute atomic E-state index is 13.1. The van der Waals surface area contributed by atoms with E-state index in [1.807, 2.05) is 19.1 Å². The lowest BCUT2D eigenvalue weighted by atomic mass is 10.1. The molecule has 2 aromatic rings. The smallest absolute Gasteiger partial charge is 0.309 e. The Balaban J connectivity index is 1.74. The molecule has 1 aromatic heterocycles. The van der Waals surface area contributed by atoms with Crippen molar-refractivity contribution in [2.75, 3.05) is 16.5 Å². The largest absolute Gasteiger partial charge is 0.481 e. The highest BCUT2D eigenvalue weighted by molar-refractivity contribution is 8.00. The molecule has 0 bridgehead atoms. The van der Waals surface area contributed by atoms with E-state index in [2.05, 4.69) is 10.3 Å². The molecule has 0 unspecified atom stereocenters. The van der Waals surface area contributed by atoms with Gasteiger partial charge in [0, 0.05) is 5.92 Å². The summed E-state index contributed by atoms with van der Waals surface area (Å²) in [5.74, 6) is -2.71. The van der Waals surface area contributed by atoms with Crippen LogP contribution >= 0.6 is 23.1 Å². The van der Waals surface area contributed by atoms with Gasteiger partial charge in [0.1, 0.15) is 6.42 Å². The number of amides is 3. The summed E-state index contributed by atoms with van der Waals surface area (Å²) in [7, 11) is 0. The zero-order valence-corrected chi connectivity index (χ0v) is 19.6. The Bertz CT molecular complexity index is 1010. The number of imide groups is 1. The lowest BCUT2D eigenvalue weighted by Gasteiger charge is -2.24. The summed E-state index contributed by atoms with van der Waals surface area (Å²) >= 11 is 2.50. The molecule has 0 saturated heterocycles. The third-order valence-corrected chi connectivity index (χ3v) is 7.35. The Morgan fingerprint density at radius 3 is 2.44 bits per heavy atom. The Labute approximate surface area is 194 Å². The summed E-state index contributed by atoms with van der Waals surface area (Å²) < 4.78 is 0.687. The van der Waals surface area contributed by atoms with Crippen LogP contribution in [0.15, 0.2) is 28.5 Å². The lowest BCUT2D eigenvalue weighted by Crippen LogP contribution is -2.42. The number of hydrogen-bond donors (Lipinski definition) is 2.